The summed E-state index contributed by atoms with van der Waals surface area (Å²) in [5.41, 5.74) is 2.37. The number of benzene rings is 2. The summed E-state index contributed by atoms with van der Waals surface area (Å²) in [6.45, 7) is 0.935. The van der Waals surface area contributed by atoms with Crippen LogP contribution in [0.25, 0.3) is 11.4 Å². The molecule has 0 spiro atoms. The van der Waals surface area contributed by atoms with E-state index in [1.165, 1.54) is 31.4 Å². The van der Waals surface area contributed by atoms with Crippen LogP contribution in [0.2, 0.25) is 0 Å². The number of ether oxygens (including phenoxy) is 1. The van der Waals surface area contributed by atoms with Gasteiger partial charge in [0, 0.05) is 36.0 Å². The van der Waals surface area contributed by atoms with E-state index in [2.05, 4.69) is 20.1 Å². The van der Waals surface area contributed by atoms with Crippen LogP contribution in [0.4, 0.5) is 11.4 Å². The van der Waals surface area contributed by atoms with Gasteiger partial charge in [0.05, 0.1) is 17.8 Å². The number of hydrogen-bond acceptors (Lipinski definition) is 7. The second-order valence-electron chi connectivity index (χ2n) is 7.78. The van der Waals surface area contributed by atoms with E-state index in [-0.39, 0.29) is 23.1 Å². The first-order chi connectivity index (χ1) is 16.0. The summed E-state index contributed by atoms with van der Waals surface area (Å²) < 4.78 is 7.21. The zero-order valence-corrected chi connectivity index (χ0v) is 19.1. The molecule has 1 aliphatic rings. The van der Waals surface area contributed by atoms with E-state index in [1.807, 2.05) is 24.3 Å². The fraction of sp³-hybridized carbons (Fsp3) is 0.348. The van der Waals surface area contributed by atoms with Crippen LogP contribution >= 0.6 is 11.8 Å². The van der Waals surface area contributed by atoms with Crippen molar-refractivity contribution in [3.8, 4) is 17.1 Å². The van der Waals surface area contributed by atoms with Crippen LogP contribution in [0.15, 0.2) is 42.5 Å². The Kier molecular flexibility index (Phi) is 7.23. The smallest absolute Gasteiger partial charge is 0.311 e. The molecule has 0 fully saturated rings. The van der Waals surface area contributed by atoms with Gasteiger partial charge in [0.1, 0.15) is 5.82 Å². The third kappa shape index (κ3) is 5.51. The van der Waals surface area contributed by atoms with E-state index in [0.29, 0.717) is 11.4 Å². The van der Waals surface area contributed by atoms with Crippen LogP contribution in [0.5, 0.6) is 5.75 Å². The summed E-state index contributed by atoms with van der Waals surface area (Å²) in [6.07, 6.45) is 4.45. The molecule has 0 radical (unpaired) electrons. The van der Waals surface area contributed by atoms with Crippen LogP contribution in [0, 0.1) is 10.1 Å². The minimum atomic E-state index is -0.472. The van der Waals surface area contributed by atoms with Crippen molar-refractivity contribution in [3.63, 3.8) is 0 Å². The number of carbonyl (C=O) groups excluding carboxylic acids is 1. The lowest BCUT2D eigenvalue weighted by molar-refractivity contribution is -0.385. The van der Waals surface area contributed by atoms with Crippen LogP contribution in [0.1, 0.15) is 30.7 Å². The van der Waals surface area contributed by atoms with Crippen molar-refractivity contribution in [2.24, 2.45) is 0 Å². The molecule has 2 heterocycles. The maximum atomic E-state index is 12.3. The number of aryl methyl sites for hydroxylation is 1. The summed E-state index contributed by atoms with van der Waals surface area (Å²) in [4.78, 5) is 23.0. The number of nitrogens with one attached hydrogen (secondary N) is 1. The summed E-state index contributed by atoms with van der Waals surface area (Å²) in [7, 11) is 1.40. The third-order valence-electron chi connectivity index (χ3n) is 5.48. The number of amides is 1. The van der Waals surface area contributed by atoms with Crippen molar-refractivity contribution in [2.45, 2.75) is 38.0 Å². The zero-order valence-electron chi connectivity index (χ0n) is 18.3. The van der Waals surface area contributed by atoms with E-state index in [1.54, 1.807) is 12.1 Å². The lowest BCUT2D eigenvalue weighted by atomic mass is 10.2. The molecule has 10 heteroatoms. The largest absolute Gasteiger partial charge is 0.490 e. The summed E-state index contributed by atoms with van der Waals surface area (Å²) >= 11 is 1.39. The number of aromatic nitrogens is 3. The molecule has 4 rings (SSSR count). The Bertz CT molecular complexity index is 1150. The second kappa shape index (κ2) is 10.5. The van der Waals surface area contributed by atoms with E-state index < -0.39 is 4.92 Å². The number of rotatable bonds is 8. The molecule has 1 amide bonds. The fourth-order valence-electron chi connectivity index (χ4n) is 3.83. The number of nitro groups is 1. The number of carbonyl (C=O) groups is 1. The van der Waals surface area contributed by atoms with Crippen LogP contribution < -0.4 is 10.1 Å². The molecule has 0 atom stereocenters. The van der Waals surface area contributed by atoms with Gasteiger partial charge in [0.25, 0.3) is 0 Å². The number of fused-ring (bicyclic) bond motifs is 1. The number of nitro benzene ring substituents is 1. The lowest BCUT2D eigenvalue weighted by Gasteiger charge is -2.09. The molecular weight excluding hydrogens is 442 g/mol. The predicted molar refractivity (Wildman–Crippen MR) is 127 cm³/mol. The molecule has 33 heavy (non-hydrogen) atoms. The Balaban J connectivity index is 1.31. The lowest BCUT2D eigenvalue weighted by Crippen LogP contribution is -2.14. The molecule has 2 aromatic carbocycles. The van der Waals surface area contributed by atoms with Gasteiger partial charge in [0.15, 0.2) is 11.6 Å². The molecule has 0 aliphatic carbocycles. The van der Waals surface area contributed by atoms with Gasteiger partial charge < -0.3 is 14.6 Å². The molecule has 172 valence electrons. The summed E-state index contributed by atoms with van der Waals surface area (Å²) in [5.74, 6) is 2.71. The van der Waals surface area contributed by atoms with Gasteiger partial charge >= 0.3 is 5.69 Å². The average molecular weight is 468 g/mol. The first-order valence-corrected chi connectivity index (χ1v) is 11.9. The van der Waals surface area contributed by atoms with Gasteiger partial charge in [0.2, 0.25) is 5.91 Å². The molecule has 0 unspecified atom stereocenters. The molecular formula is C23H25N5O4S. The van der Waals surface area contributed by atoms with Crippen molar-refractivity contribution in [3.05, 3.63) is 64.0 Å². The molecule has 1 aliphatic heterocycles. The Morgan fingerprint density at radius 3 is 2.76 bits per heavy atom. The number of methoxy groups -OCH3 is 1. The molecule has 0 saturated heterocycles. The first kappa shape index (κ1) is 22.8. The molecule has 0 bridgehead atoms. The van der Waals surface area contributed by atoms with Crippen molar-refractivity contribution in [2.75, 3.05) is 18.2 Å². The molecule has 3 aromatic rings. The highest BCUT2D eigenvalue weighted by Crippen LogP contribution is 2.29. The van der Waals surface area contributed by atoms with E-state index in [4.69, 9.17) is 4.74 Å². The summed E-state index contributed by atoms with van der Waals surface area (Å²) in [5, 5.41) is 22.8. The Labute approximate surface area is 195 Å². The first-order valence-electron chi connectivity index (χ1n) is 10.8. The monoisotopic (exact) mass is 467 g/mol. The van der Waals surface area contributed by atoms with E-state index >= 15 is 0 Å². The van der Waals surface area contributed by atoms with Gasteiger partial charge in [-0.2, -0.15) is 0 Å². The quantitative estimate of drug-likeness (QED) is 0.384. The average Bonchev–Trinajstić information content (AvgIpc) is 3.07. The minimum Gasteiger partial charge on any atom is -0.490 e. The van der Waals surface area contributed by atoms with Crippen LogP contribution in [-0.2, 0) is 23.5 Å². The number of anilines is 1. The van der Waals surface area contributed by atoms with Gasteiger partial charge in [-0.1, -0.05) is 12.5 Å². The van der Waals surface area contributed by atoms with Crippen molar-refractivity contribution >= 4 is 29.0 Å². The van der Waals surface area contributed by atoms with Crippen LogP contribution in [-0.4, -0.2) is 38.5 Å². The third-order valence-corrected chi connectivity index (χ3v) is 6.48. The molecule has 1 N–H and O–H groups in total. The maximum absolute atomic E-state index is 12.3. The number of hydrogen-bond donors (Lipinski definition) is 1. The van der Waals surface area contributed by atoms with Gasteiger partial charge in [-0.15, -0.1) is 22.0 Å². The normalized spacial score (nSPS) is 13.1. The highest BCUT2D eigenvalue weighted by molar-refractivity contribution is 7.99. The number of nitrogens with zero attached hydrogens (tertiary/aromatic N) is 4. The fourth-order valence-corrected chi connectivity index (χ4v) is 4.60. The molecule has 9 nitrogen and oxygen atoms in total. The summed E-state index contributed by atoms with van der Waals surface area (Å²) in [6, 6.07) is 12.4. The van der Waals surface area contributed by atoms with E-state index in [0.717, 1.165) is 48.6 Å². The molecule has 1 aromatic heterocycles. The highest BCUT2D eigenvalue weighted by Gasteiger charge is 2.17. The number of thioether (sulfide) groups is 1. The second-order valence-corrected chi connectivity index (χ2v) is 8.77. The van der Waals surface area contributed by atoms with Crippen molar-refractivity contribution in [1.82, 2.24) is 14.8 Å². The minimum absolute atomic E-state index is 0.0790. The standard InChI is InChI=1S/C23H25N5O4S/c1-32-20-11-6-16(13-19(20)28(30)31)14-33-15-22(29)24-18-9-7-17(8-10-18)23-26-25-21-5-3-2-4-12-27(21)23/h6-11,13H,2-5,12,14-15H2,1H3,(H,24,29). The van der Waals surface area contributed by atoms with Gasteiger partial charge in [-0.3, -0.25) is 14.9 Å². The van der Waals surface area contributed by atoms with Gasteiger partial charge in [-0.05, 0) is 48.7 Å². The maximum Gasteiger partial charge on any atom is 0.311 e. The Morgan fingerprint density at radius 2 is 2.00 bits per heavy atom. The Hall–Kier alpha value is -3.40. The Morgan fingerprint density at radius 1 is 1.18 bits per heavy atom. The van der Waals surface area contributed by atoms with Gasteiger partial charge in [-0.25, -0.2) is 0 Å². The van der Waals surface area contributed by atoms with E-state index in [9.17, 15) is 14.9 Å². The highest BCUT2D eigenvalue weighted by atomic mass is 32.2. The zero-order chi connectivity index (χ0) is 23.2. The predicted octanol–water partition coefficient (Wildman–Crippen LogP) is 4.46. The SMILES string of the molecule is COc1ccc(CSCC(=O)Nc2ccc(-c3nnc4n3CCCCC4)cc2)cc1[N+](=O)[O-]. The van der Waals surface area contributed by atoms with Crippen molar-refractivity contribution < 1.29 is 14.5 Å². The topological polar surface area (TPSA) is 112 Å². The van der Waals surface area contributed by atoms with Crippen molar-refractivity contribution in [1.29, 1.82) is 0 Å². The molecule has 0 saturated carbocycles. The van der Waals surface area contributed by atoms with Crippen LogP contribution in [0.3, 0.4) is 0 Å².